The molecule has 0 fully saturated rings. The van der Waals surface area contributed by atoms with Gasteiger partial charge in [0, 0.05) is 28.3 Å². The maximum Gasteiger partial charge on any atom is 0 e. The number of aliphatic hydroxyl groups excluding tert-OH is 1. The summed E-state index contributed by atoms with van der Waals surface area (Å²) in [5.74, 6) is 0. The van der Waals surface area contributed by atoms with E-state index in [0.717, 1.165) is 0 Å². The normalized spacial score (nSPS) is 3.60. The zero-order chi connectivity index (χ0) is 2.71. The van der Waals surface area contributed by atoms with Gasteiger partial charge in [0.05, 0.1) is 0 Å². The molecule has 0 bridgehead atoms. The maximum absolute atomic E-state index is 7.57. The van der Waals surface area contributed by atoms with Crippen molar-refractivity contribution in [1.82, 2.24) is 0 Å². The molecule has 0 heterocycles. The Balaban J connectivity index is -0.0000000200. The van der Waals surface area contributed by atoms with Crippen LogP contribution >= 0.6 is 0 Å². The summed E-state index contributed by atoms with van der Waals surface area (Å²) in [4.78, 5) is 0. The van der Waals surface area contributed by atoms with Crippen molar-refractivity contribution in [2.75, 3.05) is 6.61 Å². The van der Waals surface area contributed by atoms with E-state index in [1.807, 2.05) is 0 Å². The van der Waals surface area contributed by atoms with Crippen molar-refractivity contribution in [1.29, 1.82) is 0 Å². The molecular formula is C2H8BaOTi. The van der Waals surface area contributed by atoms with Gasteiger partial charge in [0.2, 0.25) is 0 Å². The van der Waals surface area contributed by atoms with E-state index in [0.29, 0.717) is 0 Å². The first kappa shape index (κ1) is 15.7. The Kier molecular flexibility index (Phi) is 51.2. The standard InChI is InChI=1S/C2H6O.Ba.Ti.2H/c1-2-3;;;;/h3H,2H2,1H3;;;;. The first-order valence-corrected chi connectivity index (χ1v) is 1.02. The number of aliphatic hydroxyl groups is 1. The Bertz CT molecular complexity index is 9.61. The molecule has 0 aromatic heterocycles. The second-order valence-electron chi connectivity index (χ2n) is 0.316. The van der Waals surface area contributed by atoms with Crippen LogP contribution in [0.3, 0.4) is 0 Å². The third-order valence-electron chi connectivity index (χ3n) is 0. The van der Waals surface area contributed by atoms with Crippen LogP contribution in [0.1, 0.15) is 6.92 Å². The van der Waals surface area contributed by atoms with Crippen LogP contribution in [0, 0.1) is 0 Å². The van der Waals surface area contributed by atoms with Crippen LogP contribution in [0.2, 0.25) is 0 Å². The van der Waals surface area contributed by atoms with Crippen LogP contribution in [0.15, 0.2) is 0 Å². The summed E-state index contributed by atoms with van der Waals surface area (Å²) in [5, 5.41) is 7.57. The van der Waals surface area contributed by atoms with E-state index >= 15 is 0 Å². The van der Waals surface area contributed by atoms with Crippen molar-refractivity contribution in [2.45, 2.75) is 6.92 Å². The molecule has 0 aromatic carbocycles. The number of hydrogen-bond donors (Lipinski definition) is 1. The van der Waals surface area contributed by atoms with Crippen molar-refractivity contribution in [3.8, 4) is 0 Å². The van der Waals surface area contributed by atoms with Crippen LogP contribution in [0.25, 0.3) is 0 Å². The Hall–Kier alpha value is 2.25. The molecule has 0 rings (SSSR count). The predicted molar refractivity (Wildman–Crippen MR) is 21.3 cm³/mol. The van der Waals surface area contributed by atoms with E-state index in [1.165, 1.54) is 0 Å². The van der Waals surface area contributed by atoms with Crippen molar-refractivity contribution in [2.24, 2.45) is 0 Å². The van der Waals surface area contributed by atoms with Gasteiger partial charge in [-0.15, -0.1) is 0 Å². The third kappa shape index (κ3) is 22.3. The largest absolute Gasteiger partial charge is 0 e. The van der Waals surface area contributed by atoms with Gasteiger partial charge in [0.25, 0.3) is 0 Å². The zero-order valence-corrected chi connectivity index (χ0v) is 4.22. The van der Waals surface area contributed by atoms with Crippen molar-refractivity contribution in [3.63, 3.8) is 0 Å². The molecule has 5 heavy (non-hydrogen) atoms. The molecule has 0 aliphatic rings. The van der Waals surface area contributed by atoms with Crippen molar-refractivity contribution in [3.05, 3.63) is 0 Å². The zero-order valence-electron chi connectivity index (χ0n) is 2.65. The van der Waals surface area contributed by atoms with E-state index in [9.17, 15) is 0 Å². The average molecular weight is 233 g/mol. The van der Waals surface area contributed by atoms with E-state index in [-0.39, 0.29) is 77.2 Å². The summed E-state index contributed by atoms with van der Waals surface area (Å²) in [7, 11) is 0. The van der Waals surface area contributed by atoms with E-state index < -0.39 is 0 Å². The van der Waals surface area contributed by atoms with Gasteiger partial charge in [0.1, 0.15) is 0 Å². The molecule has 0 aromatic rings. The van der Waals surface area contributed by atoms with Crippen LogP contribution in [-0.2, 0) is 21.7 Å². The number of rotatable bonds is 0. The Morgan fingerprint density at radius 1 is 1.60 bits per heavy atom. The average Bonchev–Trinajstić information content (AvgIpc) is 0.918. The monoisotopic (exact) mass is 234 g/mol. The quantitative estimate of drug-likeness (QED) is 0.537. The van der Waals surface area contributed by atoms with Gasteiger partial charge in [0.15, 0.2) is 0 Å². The smallest absolute Gasteiger partial charge is 0 e. The van der Waals surface area contributed by atoms with Gasteiger partial charge in [-0.1, -0.05) is 0 Å². The predicted octanol–water partition coefficient (Wildman–Crippen LogP) is -0.920. The first-order chi connectivity index (χ1) is 1.41. The minimum atomic E-state index is 0. The van der Waals surface area contributed by atoms with E-state index in [2.05, 4.69) is 0 Å². The minimum absolute atomic E-state index is 0. The minimum Gasteiger partial charge on any atom is 0 e. The molecule has 1 N–H and O–H groups in total. The molecule has 3 heteroatoms. The van der Waals surface area contributed by atoms with E-state index in [1.54, 1.807) is 6.92 Å². The van der Waals surface area contributed by atoms with Crippen LogP contribution < -0.4 is 0 Å². The third-order valence-corrected chi connectivity index (χ3v) is 0. The molecular weight excluding hydrogens is 225 g/mol. The van der Waals surface area contributed by atoms with Crippen LogP contribution in [0.4, 0.5) is 0 Å². The summed E-state index contributed by atoms with van der Waals surface area (Å²) < 4.78 is 0. The fraction of sp³-hybridized carbons (Fsp3) is 1.00. The molecule has 0 saturated heterocycles. The van der Waals surface area contributed by atoms with E-state index in [4.69, 9.17) is 5.11 Å². The summed E-state index contributed by atoms with van der Waals surface area (Å²) >= 11 is 0. The van der Waals surface area contributed by atoms with Crippen molar-refractivity contribution < 1.29 is 26.8 Å². The SMILES string of the molecule is CCO.[BaH2].[Ti]. The Labute approximate surface area is 87.5 Å². The van der Waals surface area contributed by atoms with Gasteiger partial charge in [-0.05, 0) is 6.92 Å². The van der Waals surface area contributed by atoms with Crippen LogP contribution in [0.5, 0.6) is 0 Å². The molecule has 0 amide bonds. The molecule has 0 aliphatic carbocycles. The molecule has 0 spiro atoms. The molecule has 0 radical (unpaired) electrons. The topological polar surface area (TPSA) is 20.2 Å². The van der Waals surface area contributed by atoms with Crippen molar-refractivity contribution >= 4 is 48.9 Å². The Morgan fingerprint density at radius 3 is 1.60 bits per heavy atom. The molecule has 0 atom stereocenters. The van der Waals surface area contributed by atoms with Crippen LogP contribution in [-0.4, -0.2) is 60.6 Å². The molecule has 1 nitrogen and oxygen atoms in total. The van der Waals surface area contributed by atoms with Gasteiger partial charge in [-0.2, -0.15) is 0 Å². The molecule has 0 saturated carbocycles. The second kappa shape index (κ2) is 16.3. The summed E-state index contributed by atoms with van der Waals surface area (Å²) in [6.45, 7) is 1.93. The summed E-state index contributed by atoms with van der Waals surface area (Å²) in [5.41, 5.74) is 0. The van der Waals surface area contributed by atoms with Gasteiger partial charge >= 0.3 is 48.9 Å². The number of hydrogen-bond acceptors (Lipinski definition) is 1. The first-order valence-electron chi connectivity index (χ1n) is 1.02. The van der Waals surface area contributed by atoms with Gasteiger partial charge < -0.3 is 5.11 Å². The maximum atomic E-state index is 7.57. The second-order valence-corrected chi connectivity index (χ2v) is 0.316. The summed E-state index contributed by atoms with van der Waals surface area (Å²) in [6, 6.07) is 0. The Morgan fingerprint density at radius 2 is 1.60 bits per heavy atom. The fourth-order valence-corrected chi connectivity index (χ4v) is 0. The molecule has 28 valence electrons. The molecule has 0 aliphatic heterocycles. The fourth-order valence-electron chi connectivity index (χ4n) is 0. The molecule has 0 unspecified atom stereocenters. The summed E-state index contributed by atoms with van der Waals surface area (Å²) in [6.07, 6.45) is 0. The van der Waals surface area contributed by atoms with Gasteiger partial charge in [-0.25, -0.2) is 0 Å². The van der Waals surface area contributed by atoms with Gasteiger partial charge in [-0.3, -0.25) is 0 Å².